The van der Waals surface area contributed by atoms with Crippen LogP contribution in [-0.2, 0) is 19.6 Å². The topological polar surface area (TPSA) is 177 Å². The summed E-state index contributed by atoms with van der Waals surface area (Å²) in [5.74, 6) is -1.58. The van der Waals surface area contributed by atoms with E-state index in [-0.39, 0.29) is 40.5 Å². The third-order valence-electron chi connectivity index (χ3n) is 5.60. The molecule has 1 aliphatic carbocycles. The lowest BCUT2D eigenvalue weighted by Crippen LogP contribution is -2.36. The zero-order chi connectivity index (χ0) is 24.7. The molecule has 0 radical (unpaired) electrons. The summed E-state index contributed by atoms with van der Waals surface area (Å²) in [4.78, 5) is 28.0. The van der Waals surface area contributed by atoms with Gasteiger partial charge >= 0.3 is 5.97 Å². The van der Waals surface area contributed by atoms with Crippen LogP contribution in [0.5, 0.6) is 0 Å². The summed E-state index contributed by atoms with van der Waals surface area (Å²) in [5, 5.41) is 12.2. The van der Waals surface area contributed by atoms with Crippen molar-refractivity contribution in [2.24, 2.45) is 22.4 Å². The molecule has 1 unspecified atom stereocenters. The molecule has 1 aliphatic rings. The number of anilines is 1. The first kappa shape index (κ1) is 25.0. The number of carbonyl (C=O) groups is 2. The van der Waals surface area contributed by atoms with E-state index in [2.05, 4.69) is 15.0 Å². The van der Waals surface area contributed by atoms with Crippen LogP contribution in [0, 0.1) is 5.92 Å². The van der Waals surface area contributed by atoms with Crippen molar-refractivity contribution in [3.63, 3.8) is 0 Å². The SMILES string of the molecule is NC(N)=Nc1cccc(S(=O)(=O)Nc2cccc(C(CC(=O)O)NC(=O)C3CCCCC3)c2)c1. The zero-order valence-corrected chi connectivity index (χ0v) is 19.4. The second-order valence-electron chi connectivity index (χ2n) is 8.26. The monoisotopic (exact) mass is 487 g/mol. The van der Waals surface area contributed by atoms with Crippen molar-refractivity contribution in [1.82, 2.24) is 5.32 Å². The summed E-state index contributed by atoms with van der Waals surface area (Å²) in [6, 6.07) is 11.3. The van der Waals surface area contributed by atoms with Gasteiger partial charge in [0.25, 0.3) is 10.0 Å². The second kappa shape index (κ2) is 11.0. The molecule has 0 saturated heterocycles. The average Bonchev–Trinajstić information content (AvgIpc) is 2.78. The summed E-state index contributed by atoms with van der Waals surface area (Å²) in [6.45, 7) is 0. The smallest absolute Gasteiger partial charge is 0.305 e. The number of rotatable bonds is 9. The van der Waals surface area contributed by atoms with Crippen LogP contribution in [0.1, 0.15) is 50.1 Å². The van der Waals surface area contributed by atoms with Gasteiger partial charge in [0.2, 0.25) is 5.91 Å². The van der Waals surface area contributed by atoms with E-state index in [4.69, 9.17) is 11.5 Å². The summed E-state index contributed by atoms with van der Waals surface area (Å²) >= 11 is 0. The first-order chi connectivity index (χ1) is 16.1. The Morgan fingerprint density at radius 2 is 1.76 bits per heavy atom. The Morgan fingerprint density at radius 3 is 2.44 bits per heavy atom. The summed E-state index contributed by atoms with van der Waals surface area (Å²) in [5.41, 5.74) is 11.7. The lowest BCUT2D eigenvalue weighted by Gasteiger charge is -2.25. The minimum absolute atomic E-state index is 0.0481. The number of amides is 1. The Hall–Kier alpha value is -3.60. The predicted octanol–water partition coefficient (Wildman–Crippen LogP) is 2.60. The highest BCUT2D eigenvalue weighted by Gasteiger charge is 2.26. The van der Waals surface area contributed by atoms with E-state index in [9.17, 15) is 23.1 Å². The van der Waals surface area contributed by atoms with E-state index < -0.39 is 22.0 Å². The largest absolute Gasteiger partial charge is 0.481 e. The minimum Gasteiger partial charge on any atom is -0.481 e. The highest BCUT2D eigenvalue weighted by atomic mass is 32.2. The van der Waals surface area contributed by atoms with E-state index >= 15 is 0 Å². The highest BCUT2D eigenvalue weighted by molar-refractivity contribution is 7.92. The van der Waals surface area contributed by atoms with Crippen LogP contribution in [-0.4, -0.2) is 31.4 Å². The molecule has 3 rings (SSSR count). The number of nitrogens with zero attached hydrogens (tertiary/aromatic N) is 1. The number of carboxylic acid groups (broad SMARTS) is 1. The van der Waals surface area contributed by atoms with Crippen LogP contribution in [0.4, 0.5) is 11.4 Å². The number of benzene rings is 2. The number of hydrogen-bond acceptors (Lipinski definition) is 5. The second-order valence-corrected chi connectivity index (χ2v) is 9.94. The van der Waals surface area contributed by atoms with Gasteiger partial charge in [-0.25, -0.2) is 13.4 Å². The fourth-order valence-corrected chi connectivity index (χ4v) is 5.07. The molecule has 34 heavy (non-hydrogen) atoms. The maximum atomic E-state index is 12.9. The van der Waals surface area contributed by atoms with Crippen LogP contribution in [0.2, 0.25) is 0 Å². The number of carbonyl (C=O) groups excluding carboxylic acids is 1. The van der Waals surface area contributed by atoms with Gasteiger partial charge in [0.05, 0.1) is 23.0 Å². The van der Waals surface area contributed by atoms with E-state index in [1.807, 2.05) is 0 Å². The van der Waals surface area contributed by atoms with Crippen molar-refractivity contribution in [1.29, 1.82) is 0 Å². The molecular formula is C23H29N5O5S. The van der Waals surface area contributed by atoms with Crippen molar-refractivity contribution in [2.75, 3.05) is 4.72 Å². The number of nitrogens with two attached hydrogens (primary N) is 2. The minimum atomic E-state index is -3.98. The maximum absolute atomic E-state index is 12.9. The van der Waals surface area contributed by atoms with Crippen LogP contribution < -0.4 is 21.5 Å². The molecule has 1 saturated carbocycles. The number of nitrogens with one attached hydrogen (secondary N) is 2. The third-order valence-corrected chi connectivity index (χ3v) is 6.98. The molecule has 0 aromatic heterocycles. The standard InChI is InChI=1S/C23H29N5O5S/c24-23(25)26-17-9-5-11-19(13-17)34(32,33)28-18-10-4-8-16(12-18)20(14-21(29)30)27-22(31)15-6-2-1-3-7-15/h4-5,8-13,15,20,28H,1-3,6-7,14H2,(H,27,31)(H,29,30)(H4,24,25,26). The number of hydrogen-bond donors (Lipinski definition) is 5. The fraction of sp³-hybridized carbons (Fsp3) is 0.348. The Morgan fingerprint density at radius 1 is 1.06 bits per heavy atom. The molecule has 0 heterocycles. The first-order valence-electron chi connectivity index (χ1n) is 11.0. The molecule has 0 aliphatic heterocycles. The maximum Gasteiger partial charge on any atom is 0.305 e. The number of aliphatic imine (C=N–C) groups is 1. The molecule has 10 nitrogen and oxygen atoms in total. The molecule has 1 atom stereocenters. The van der Waals surface area contributed by atoms with Crippen LogP contribution in [0.3, 0.4) is 0 Å². The van der Waals surface area contributed by atoms with Crippen molar-refractivity contribution in [3.05, 3.63) is 54.1 Å². The van der Waals surface area contributed by atoms with Crippen molar-refractivity contribution in [3.8, 4) is 0 Å². The molecular weight excluding hydrogens is 458 g/mol. The Balaban J connectivity index is 1.81. The summed E-state index contributed by atoms with van der Waals surface area (Å²) in [7, 11) is -3.98. The van der Waals surface area contributed by atoms with Crippen molar-refractivity contribution < 1.29 is 23.1 Å². The van der Waals surface area contributed by atoms with Gasteiger partial charge in [-0.05, 0) is 48.7 Å². The van der Waals surface area contributed by atoms with Gasteiger partial charge < -0.3 is 21.9 Å². The number of sulfonamides is 1. The Labute approximate surface area is 198 Å². The molecule has 0 bridgehead atoms. The van der Waals surface area contributed by atoms with Crippen LogP contribution in [0.15, 0.2) is 58.4 Å². The van der Waals surface area contributed by atoms with Crippen molar-refractivity contribution in [2.45, 2.75) is 49.5 Å². The van der Waals surface area contributed by atoms with Crippen LogP contribution in [0.25, 0.3) is 0 Å². The third kappa shape index (κ3) is 6.95. The van der Waals surface area contributed by atoms with Gasteiger partial charge in [0.15, 0.2) is 5.96 Å². The molecule has 11 heteroatoms. The molecule has 1 amide bonds. The van der Waals surface area contributed by atoms with Gasteiger partial charge in [-0.3, -0.25) is 14.3 Å². The number of carboxylic acids is 1. The molecule has 1 fully saturated rings. The molecule has 2 aromatic carbocycles. The molecule has 0 spiro atoms. The zero-order valence-electron chi connectivity index (χ0n) is 18.6. The van der Waals surface area contributed by atoms with Crippen LogP contribution >= 0.6 is 0 Å². The number of guanidine groups is 1. The van der Waals surface area contributed by atoms with Gasteiger partial charge in [-0.2, -0.15) is 0 Å². The lowest BCUT2D eigenvalue weighted by atomic mass is 9.88. The lowest BCUT2D eigenvalue weighted by molar-refractivity contribution is -0.138. The normalized spacial score (nSPS) is 15.2. The van der Waals surface area contributed by atoms with Gasteiger partial charge in [-0.15, -0.1) is 0 Å². The van der Waals surface area contributed by atoms with Gasteiger partial charge in [0, 0.05) is 11.6 Å². The Kier molecular flexibility index (Phi) is 8.11. The fourth-order valence-electron chi connectivity index (χ4n) is 3.98. The highest BCUT2D eigenvalue weighted by Crippen LogP contribution is 2.27. The van der Waals surface area contributed by atoms with E-state index in [1.165, 1.54) is 24.3 Å². The van der Waals surface area contributed by atoms with E-state index in [1.54, 1.807) is 24.3 Å². The molecule has 7 N–H and O–H groups in total. The predicted molar refractivity (Wildman–Crippen MR) is 129 cm³/mol. The van der Waals surface area contributed by atoms with E-state index in [0.29, 0.717) is 5.56 Å². The Bertz CT molecular complexity index is 1170. The summed E-state index contributed by atoms with van der Waals surface area (Å²) in [6.07, 6.45) is 4.29. The quantitative estimate of drug-likeness (QED) is 0.266. The molecule has 2 aromatic rings. The average molecular weight is 488 g/mol. The van der Waals surface area contributed by atoms with Gasteiger partial charge in [0.1, 0.15) is 0 Å². The first-order valence-corrected chi connectivity index (χ1v) is 12.5. The summed E-state index contributed by atoms with van der Waals surface area (Å²) < 4.78 is 28.3. The van der Waals surface area contributed by atoms with Crippen molar-refractivity contribution >= 4 is 39.2 Å². The number of aliphatic carboxylic acids is 1. The van der Waals surface area contributed by atoms with Gasteiger partial charge in [-0.1, -0.05) is 37.5 Å². The molecule has 182 valence electrons. The van der Waals surface area contributed by atoms with E-state index in [0.717, 1.165) is 32.1 Å².